The van der Waals surface area contributed by atoms with Crippen LogP contribution in [0.15, 0.2) is 54.7 Å². The highest BCUT2D eigenvalue weighted by molar-refractivity contribution is 6.31. The normalized spacial score (nSPS) is 22.5. The molecule has 1 aliphatic carbocycles. The van der Waals surface area contributed by atoms with E-state index in [1.54, 1.807) is 29.2 Å². The number of anilines is 2. The van der Waals surface area contributed by atoms with E-state index in [1.807, 2.05) is 30.5 Å². The number of urea groups is 1. The van der Waals surface area contributed by atoms with Gasteiger partial charge in [0.1, 0.15) is 11.8 Å². The lowest BCUT2D eigenvalue weighted by molar-refractivity contribution is -0.120. The summed E-state index contributed by atoms with van der Waals surface area (Å²) in [4.78, 5) is 43.5. The maximum Gasteiger partial charge on any atom is 0.328 e. The van der Waals surface area contributed by atoms with Crippen LogP contribution in [0.3, 0.4) is 0 Å². The number of nitrogens with zero attached hydrogens (tertiary/aromatic N) is 8. The van der Waals surface area contributed by atoms with Gasteiger partial charge < -0.3 is 24.6 Å². The fourth-order valence-electron chi connectivity index (χ4n) is 8.24. The van der Waals surface area contributed by atoms with Crippen molar-refractivity contribution in [1.82, 2.24) is 35.5 Å². The first-order valence-electron chi connectivity index (χ1n) is 19.5. The van der Waals surface area contributed by atoms with Gasteiger partial charge in [-0.1, -0.05) is 17.7 Å². The van der Waals surface area contributed by atoms with Crippen LogP contribution in [-0.4, -0.2) is 107 Å². The third-order valence-corrected chi connectivity index (χ3v) is 11.7. The van der Waals surface area contributed by atoms with Crippen molar-refractivity contribution in [2.75, 3.05) is 55.7 Å². The molecule has 1 unspecified atom stereocenters. The summed E-state index contributed by atoms with van der Waals surface area (Å²) in [5, 5.41) is 29.4. The summed E-state index contributed by atoms with van der Waals surface area (Å²) >= 11 is 6.15. The number of hydrogen-bond acceptors (Lipinski definition) is 11. The summed E-state index contributed by atoms with van der Waals surface area (Å²) in [6.07, 6.45) is 8.20. The molecule has 4 aromatic rings. The van der Waals surface area contributed by atoms with Gasteiger partial charge in [-0.3, -0.25) is 24.5 Å². The molecule has 56 heavy (non-hydrogen) atoms. The summed E-state index contributed by atoms with van der Waals surface area (Å²) in [7, 11) is 0. The predicted molar refractivity (Wildman–Crippen MR) is 209 cm³/mol. The summed E-state index contributed by atoms with van der Waals surface area (Å²) in [5.41, 5.74) is 2.48. The van der Waals surface area contributed by atoms with Crippen molar-refractivity contribution in [3.05, 3.63) is 71.0 Å². The highest BCUT2D eigenvalue weighted by Gasteiger charge is 2.30. The number of likely N-dealkylation sites (tertiary alicyclic amines) is 1. The Balaban J connectivity index is 0.771. The number of fused-ring (bicyclic) bond motifs is 1. The van der Waals surface area contributed by atoms with E-state index >= 15 is 0 Å². The number of ether oxygens (including phenoxy) is 2. The lowest BCUT2D eigenvalue weighted by Gasteiger charge is -2.36. The fourth-order valence-corrected chi connectivity index (χ4v) is 8.46. The zero-order chi connectivity index (χ0) is 38.6. The molecule has 2 N–H and O–H groups in total. The molecule has 2 aromatic carbocycles. The van der Waals surface area contributed by atoms with E-state index in [9.17, 15) is 14.4 Å². The van der Waals surface area contributed by atoms with Gasteiger partial charge in [0, 0.05) is 63.2 Å². The molecular weight excluding hydrogens is 736 g/mol. The van der Waals surface area contributed by atoms with Crippen LogP contribution >= 0.6 is 11.6 Å². The number of carbonyl (C=O) groups is 3. The van der Waals surface area contributed by atoms with Crippen molar-refractivity contribution in [1.29, 1.82) is 5.26 Å². The largest absolute Gasteiger partial charge is 0.490 e. The predicted octanol–water partition coefficient (Wildman–Crippen LogP) is 4.85. The zero-order valence-corrected chi connectivity index (χ0v) is 31.9. The van der Waals surface area contributed by atoms with E-state index in [0.717, 1.165) is 87.0 Å². The van der Waals surface area contributed by atoms with Crippen LogP contribution in [0.5, 0.6) is 5.75 Å². The van der Waals surface area contributed by atoms with Crippen molar-refractivity contribution in [2.45, 2.75) is 75.7 Å². The monoisotopic (exact) mass is 780 g/mol. The molecule has 0 radical (unpaired) electrons. The minimum atomic E-state index is -0.391. The Morgan fingerprint density at radius 1 is 1.02 bits per heavy atom. The quantitative estimate of drug-likeness (QED) is 0.226. The van der Waals surface area contributed by atoms with Gasteiger partial charge >= 0.3 is 6.03 Å². The van der Waals surface area contributed by atoms with E-state index < -0.39 is 6.03 Å². The molecule has 0 bridgehead atoms. The maximum atomic E-state index is 13.0. The first-order valence-corrected chi connectivity index (χ1v) is 19.9. The van der Waals surface area contributed by atoms with E-state index in [1.165, 1.54) is 0 Å². The van der Waals surface area contributed by atoms with Crippen LogP contribution < -0.4 is 25.2 Å². The molecule has 4 aliphatic rings. The van der Waals surface area contributed by atoms with Crippen molar-refractivity contribution in [3.8, 4) is 11.8 Å². The molecule has 1 saturated carbocycles. The van der Waals surface area contributed by atoms with Crippen molar-refractivity contribution in [3.63, 3.8) is 0 Å². The lowest BCUT2D eigenvalue weighted by atomic mass is 9.93. The second kappa shape index (κ2) is 16.8. The minimum Gasteiger partial charge on any atom is -0.490 e. The SMILES string of the molecule is N#Cc1ccc(OC2CCC(NC(=O)c3ccc(N4CCOC(CCN5CCC(n6ncc7c(N8CCC(=O)NC8=O)cccc76)CC5)C4)nn3)CC2)cc1Cl. The highest BCUT2D eigenvalue weighted by atomic mass is 35.5. The maximum absolute atomic E-state index is 13.0. The standard InChI is InChI=1S/C40H45ClN10O5/c41-33-22-30(7-4-26(33)23-42)56-29-8-5-27(6-9-29)44-39(53)34-10-11-37(47-46-34)49-20-21-55-31(25-49)14-18-48-16-12-28(13-17-48)51-36-3-1-2-35(32(36)24-43-51)50-19-15-38(52)45-40(50)54/h1-4,7,10-11,22,24,27-29,31H,5-6,8-9,12-21,25H2,(H,44,53)(H,45,52,54). The molecular formula is C40H45ClN10O5. The number of hydrogen-bond donors (Lipinski definition) is 2. The molecule has 5 heterocycles. The van der Waals surface area contributed by atoms with E-state index in [4.69, 9.17) is 31.4 Å². The van der Waals surface area contributed by atoms with E-state index in [0.29, 0.717) is 48.3 Å². The van der Waals surface area contributed by atoms with Crippen molar-refractivity contribution in [2.24, 2.45) is 0 Å². The van der Waals surface area contributed by atoms with Crippen LogP contribution in [0.2, 0.25) is 5.02 Å². The minimum absolute atomic E-state index is 0.0219. The third kappa shape index (κ3) is 8.42. The van der Waals surface area contributed by atoms with Crippen LogP contribution in [0.25, 0.3) is 10.9 Å². The van der Waals surface area contributed by atoms with Gasteiger partial charge in [0.15, 0.2) is 11.5 Å². The number of amides is 4. The molecule has 4 amide bonds. The average molecular weight is 781 g/mol. The van der Waals surface area contributed by atoms with Gasteiger partial charge in [-0.2, -0.15) is 10.4 Å². The molecule has 16 heteroatoms. The Hall–Kier alpha value is -5.30. The Morgan fingerprint density at radius 3 is 2.61 bits per heavy atom. The fraction of sp³-hybridized carbons (Fsp3) is 0.475. The third-order valence-electron chi connectivity index (χ3n) is 11.4. The molecule has 292 valence electrons. The van der Waals surface area contributed by atoms with Gasteiger partial charge in [0.25, 0.3) is 5.91 Å². The zero-order valence-electron chi connectivity index (χ0n) is 31.1. The van der Waals surface area contributed by atoms with Crippen LogP contribution in [0, 0.1) is 11.3 Å². The van der Waals surface area contributed by atoms with Crippen molar-refractivity contribution < 1.29 is 23.9 Å². The molecule has 8 rings (SSSR count). The Bertz CT molecular complexity index is 2110. The average Bonchev–Trinajstić information content (AvgIpc) is 3.66. The van der Waals surface area contributed by atoms with Gasteiger partial charge in [0.2, 0.25) is 5.91 Å². The van der Waals surface area contributed by atoms with Crippen LogP contribution in [-0.2, 0) is 9.53 Å². The number of morpholine rings is 1. The smallest absolute Gasteiger partial charge is 0.328 e. The second-order valence-electron chi connectivity index (χ2n) is 14.9. The van der Waals surface area contributed by atoms with E-state index in [2.05, 4.69) is 41.4 Å². The molecule has 1 atom stereocenters. The van der Waals surface area contributed by atoms with Crippen molar-refractivity contribution >= 4 is 51.9 Å². The molecule has 4 fully saturated rings. The van der Waals surface area contributed by atoms with Gasteiger partial charge in [-0.25, -0.2) is 4.79 Å². The number of nitrogens with one attached hydrogen (secondary N) is 2. The number of benzene rings is 2. The molecule has 3 aliphatic heterocycles. The summed E-state index contributed by atoms with van der Waals surface area (Å²) in [6.45, 7) is 5.22. The molecule has 3 saturated heterocycles. The summed E-state index contributed by atoms with van der Waals surface area (Å²) in [6, 6.07) is 16.6. The van der Waals surface area contributed by atoms with Gasteiger partial charge in [-0.05, 0) is 81.3 Å². The van der Waals surface area contributed by atoms with Crippen LogP contribution in [0.4, 0.5) is 16.3 Å². The Labute approximate surface area is 329 Å². The lowest BCUT2D eigenvalue weighted by Crippen LogP contribution is -2.49. The van der Waals surface area contributed by atoms with Gasteiger partial charge in [-0.15, -0.1) is 10.2 Å². The number of carbonyl (C=O) groups excluding carboxylic acids is 3. The molecule has 2 aromatic heterocycles. The molecule has 15 nitrogen and oxygen atoms in total. The number of imide groups is 1. The highest BCUT2D eigenvalue weighted by Crippen LogP contribution is 2.33. The summed E-state index contributed by atoms with van der Waals surface area (Å²) in [5.74, 6) is 0.903. The van der Waals surface area contributed by atoms with Crippen LogP contribution in [0.1, 0.15) is 73.5 Å². The first-order chi connectivity index (χ1) is 27.3. The first kappa shape index (κ1) is 37.6. The van der Waals surface area contributed by atoms with E-state index in [-0.39, 0.29) is 42.5 Å². The number of nitriles is 1. The summed E-state index contributed by atoms with van der Waals surface area (Å²) < 4.78 is 14.3. The second-order valence-corrected chi connectivity index (χ2v) is 15.4. The number of rotatable bonds is 10. The van der Waals surface area contributed by atoms with Gasteiger partial charge in [0.05, 0.1) is 52.8 Å². The Kier molecular flexibility index (Phi) is 11.3. The number of aromatic nitrogens is 4. The molecule has 0 spiro atoms. The Morgan fingerprint density at radius 2 is 1.86 bits per heavy atom. The number of piperidine rings is 1. The number of halogens is 1. The topological polar surface area (TPSA) is 171 Å².